The highest BCUT2D eigenvalue weighted by Crippen LogP contribution is 2.22. The molecule has 16 heavy (non-hydrogen) atoms. The van der Waals surface area contributed by atoms with E-state index < -0.39 is 0 Å². The molecule has 2 rings (SSSR count). The number of hydrogen-bond acceptors (Lipinski definition) is 3. The molecule has 2 saturated heterocycles. The van der Waals surface area contributed by atoms with E-state index in [1.807, 2.05) is 23.7 Å². The molecule has 3 nitrogen and oxygen atoms in total. The maximum atomic E-state index is 12.3. The van der Waals surface area contributed by atoms with Crippen molar-refractivity contribution in [2.75, 3.05) is 25.1 Å². The third kappa shape index (κ3) is 2.92. The van der Waals surface area contributed by atoms with Gasteiger partial charge in [-0.25, -0.2) is 0 Å². The minimum atomic E-state index is 0.0910. The van der Waals surface area contributed by atoms with E-state index in [4.69, 9.17) is 0 Å². The van der Waals surface area contributed by atoms with E-state index in [0.717, 1.165) is 13.0 Å². The van der Waals surface area contributed by atoms with E-state index in [1.54, 1.807) is 0 Å². The zero-order valence-electron chi connectivity index (χ0n) is 10.1. The second-order valence-electron chi connectivity index (χ2n) is 4.80. The first-order valence-electron chi connectivity index (χ1n) is 6.37. The van der Waals surface area contributed by atoms with Gasteiger partial charge in [-0.05, 0) is 43.7 Å². The van der Waals surface area contributed by atoms with Gasteiger partial charge >= 0.3 is 0 Å². The van der Waals surface area contributed by atoms with Crippen LogP contribution >= 0.6 is 11.8 Å². The molecule has 0 aromatic rings. The number of thioether (sulfide) groups is 1. The summed E-state index contributed by atoms with van der Waals surface area (Å²) in [5, 5.41) is 3.34. The van der Waals surface area contributed by atoms with Crippen LogP contribution in [-0.4, -0.2) is 48.0 Å². The van der Waals surface area contributed by atoms with E-state index in [2.05, 4.69) is 5.32 Å². The zero-order chi connectivity index (χ0) is 11.4. The van der Waals surface area contributed by atoms with Crippen LogP contribution in [0.5, 0.6) is 0 Å². The molecule has 2 heterocycles. The molecule has 0 aliphatic carbocycles. The first-order valence-corrected chi connectivity index (χ1v) is 7.52. The van der Waals surface area contributed by atoms with Gasteiger partial charge in [0.05, 0.1) is 6.04 Å². The summed E-state index contributed by atoms with van der Waals surface area (Å²) >= 11 is 2.01. The first kappa shape index (κ1) is 12.2. The fourth-order valence-electron chi connectivity index (χ4n) is 2.56. The Kier molecular flexibility index (Phi) is 4.53. The van der Waals surface area contributed by atoms with Gasteiger partial charge in [0.15, 0.2) is 0 Å². The highest BCUT2D eigenvalue weighted by Gasteiger charge is 2.28. The largest absolute Gasteiger partial charge is 0.341 e. The summed E-state index contributed by atoms with van der Waals surface area (Å²) in [6.45, 7) is 1.00. The van der Waals surface area contributed by atoms with Crippen molar-refractivity contribution in [3.05, 3.63) is 0 Å². The van der Waals surface area contributed by atoms with Crippen molar-refractivity contribution in [3.8, 4) is 0 Å². The van der Waals surface area contributed by atoms with Crippen LogP contribution in [0, 0.1) is 0 Å². The van der Waals surface area contributed by atoms with Crippen molar-refractivity contribution in [1.82, 2.24) is 10.2 Å². The molecule has 0 spiro atoms. The number of hydrogen-bond donors (Lipinski definition) is 1. The summed E-state index contributed by atoms with van der Waals surface area (Å²) < 4.78 is 0. The number of piperidine rings is 1. The average molecular weight is 242 g/mol. The Morgan fingerprint density at radius 3 is 2.62 bits per heavy atom. The van der Waals surface area contributed by atoms with E-state index in [0.29, 0.717) is 11.9 Å². The van der Waals surface area contributed by atoms with Crippen molar-refractivity contribution in [2.24, 2.45) is 0 Å². The number of likely N-dealkylation sites (N-methyl/N-ethyl adjacent to an activating group) is 1. The average Bonchev–Trinajstić information content (AvgIpc) is 2.39. The molecule has 0 aromatic carbocycles. The minimum absolute atomic E-state index is 0.0910. The van der Waals surface area contributed by atoms with Crippen LogP contribution in [0.25, 0.3) is 0 Å². The smallest absolute Gasteiger partial charge is 0.239 e. The van der Waals surface area contributed by atoms with E-state index in [9.17, 15) is 4.79 Å². The normalized spacial score (nSPS) is 27.7. The number of carbonyl (C=O) groups is 1. The molecule has 0 aromatic heterocycles. The van der Waals surface area contributed by atoms with E-state index in [1.165, 1.54) is 37.2 Å². The molecule has 2 aliphatic rings. The minimum Gasteiger partial charge on any atom is -0.341 e. The Morgan fingerprint density at radius 1 is 1.25 bits per heavy atom. The van der Waals surface area contributed by atoms with Crippen molar-refractivity contribution in [1.29, 1.82) is 0 Å². The van der Waals surface area contributed by atoms with Crippen molar-refractivity contribution >= 4 is 17.7 Å². The molecule has 1 N–H and O–H groups in total. The van der Waals surface area contributed by atoms with Crippen LogP contribution in [0.3, 0.4) is 0 Å². The zero-order valence-corrected chi connectivity index (χ0v) is 10.9. The van der Waals surface area contributed by atoms with Crippen molar-refractivity contribution in [2.45, 2.75) is 44.2 Å². The Balaban J connectivity index is 1.86. The van der Waals surface area contributed by atoms with Crippen LogP contribution in [0.2, 0.25) is 0 Å². The molecule has 1 amide bonds. The lowest BCUT2D eigenvalue weighted by molar-refractivity contribution is -0.135. The third-order valence-corrected chi connectivity index (χ3v) is 4.74. The molecular formula is C12H22N2OS. The van der Waals surface area contributed by atoms with Gasteiger partial charge in [-0.1, -0.05) is 6.42 Å². The third-order valence-electron chi connectivity index (χ3n) is 3.69. The van der Waals surface area contributed by atoms with E-state index in [-0.39, 0.29) is 6.04 Å². The highest BCUT2D eigenvalue weighted by molar-refractivity contribution is 7.99. The van der Waals surface area contributed by atoms with Gasteiger partial charge < -0.3 is 10.2 Å². The molecule has 2 fully saturated rings. The van der Waals surface area contributed by atoms with Gasteiger partial charge in [-0.3, -0.25) is 4.79 Å². The summed E-state index contributed by atoms with van der Waals surface area (Å²) in [6, 6.07) is 0.575. The van der Waals surface area contributed by atoms with Crippen molar-refractivity contribution < 1.29 is 4.79 Å². The van der Waals surface area contributed by atoms with Gasteiger partial charge in [0.25, 0.3) is 0 Å². The maximum Gasteiger partial charge on any atom is 0.239 e. The van der Waals surface area contributed by atoms with Crippen LogP contribution in [0.4, 0.5) is 0 Å². The predicted octanol–water partition coefficient (Wildman–Crippen LogP) is 1.48. The van der Waals surface area contributed by atoms with Gasteiger partial charge in [0, 0.05) is 13.1 Å². The molecule has 4 heteroatoms. The lowest BCUT2D eigenvalue weighted by Crippen LogP contribution is -2.51. The van der Waals surface area contributed by atoms with Crippen LogP contribution < -0.4 is 5.32 Å². The monoisotopic (exact) mass is 242 g/mol. The van der Waals surface area contributed by atoms with Crippen LogP contribution in [-0.2, 0) is 4.79 Å². The van der Waals surface area contributed by atoms with Crippen molar-refractivity contribution in [3.63, 3.8) is 0 Å². The molecule has 0 radical (unpaired) electrons. The van der Waals surface area contributed by atoms with Crippen LogP contribution in [0.15, 0.2) is 0 Å². The molecule has 1 unspecified atom stereocenters. The lowest BCUT2D eigenvalue weighted by Gasteiger charge is -2.34. The summed E-state index contributed by atoms with van der Waals surface area (Å²) in [5.41, 5.74) is 0. The predicted molar refractivity (Wildman–Crippen MR) is 68.8 cm³/mol. The second-order valence-corrected chi connectivity index (χ2v) is 6.02. The molecule has 1 atom stereocenters. The molecular weight excluding hydrogens is 220 g/mol. The topological polar surface area (TPSA) is 32.3 Å². The van der Waals surface area contributed by atoms with Gasteiger partial charge in [0.1, 0.15) is 0 Å². The Bertz CT molecular complexity index is 235. The van der Waals surface area contributed by atoms with E-state index >= 15 is 0 Å². The van der Waals surface area contributed by atoms with Crippen LogP contribution in [0.1, 0.15) is 32.1 Å². The highest BCUT2D eigenvalue weighted by atomic mass is 32.2. The number of nitrogens with one attached hydrogen (secondary N) is 1. The molecule has 0 saturated carbocycles. The van der Waals surface area contributed by atoms with Gasteiger partial charge in [-0.15, -0.1) is 0 Å². The number of amides is 1. The summed E-state index contributed by atoms with van der Waals surface area (Å²) in [5.74, 6) is 2.73. The number of nitrogens with zero attached hydrogens (tertiary/aromatic N) is 1. The fraction of sp³-hybridized carbons (Fsp3) is 0.917. The quantitative estimate of drug-likeness (QED) is 0.796. The fourth-order valence-corrected chi connectivity index (χ4v) is 3.64. The number of carbonyl (C=O) groups excluding carboxylic acids is 1. The molecule has 0 bridgehead atoms. The molecule has 92 valence electrons. The molecule has 2 aliphatic heterocycles. The standard InChI is InChI=1S/C12H22N2OS/c1-14(10-5-8-16-9-6-10)12(15)11-4-2-3-7-13-11/h10-11,13H,2-9H2,1H3. The summed E-state index contributed by atoms with van der Waals surface area (Å²) in [6.07, 6.45) is 5.76. The Labute approximate surface area is 102 Å². The van der Waals surface area contributed by atoms with Gasteiger partial charge in [0.2, 0.25) is 5.91 Å². The first-order chi connectivity index (χ1) is 7.79. The summed E-state index contributed by atoms with van der Waals surface area (Å²) in [4.78, 5) is 14.3. The number of rotatable bonds is 2. The maximum absolute atomic E-state index is 12.3. The lowest BCUT2D eigenvalue weighted by atomic mass is 10.0. The second kappa shape index (κ2) is 5.92. The Morgan fingerprint density at radius 2 is 2.00 bits per heavy atom. The summed E-state index contributed by atoms with van der Waals surface area (Å²) in [7, 11) is 1.99. The Hall–Kier alpha value is -0.220. The van der Waals surface area contributed by atoms with Gasteiger partial charge in [-0.2, -0.15) is 11.8 Å². The SMILES string of the molecule is CN(C(=O)C1CCCCN1)C1CCSCC1.